The monoisotopic (exact) mass is 295 g/mol. The summed E-state index contributed by atoms with van der Waals surface area (Å²) < 4.78 is 12.0. The second kappa shape index (κ2) is 5.38. The van der Waals surface area contributed by atoms with Crippen LogP contribution in [0.15, 0.2) is 45.3 Å². The van der Waals surface area contributed by atoms with Crippen LogP contribution in [0.2, 0.25) is 0 Å². The fraction of sp³-hybridized carbons (Fsp3) is 0.231. The Labute approximate surface area is 109 Å². The summed E-state index contributed by atoms with van der Waals surface area (Å²) in [6, 6.07) is 11.2. The molecule has 0 aliphatic heterocycles. The predicted molar refractivity (Wildman–Crippen MR) is 70.0 cm³/mol. The van der Waals surface area contributed by atoms with Gasteiger partial charge in [-0.2, -0.15) is 0 Å². The summed E-state index contributed by atoms with van der Waals surface area (Å²) in [6.07, 6.45) is 0. The molecule has 0 saturated heterocycles. The zero-order valence-electron chi connectivity index (χ0n) is 9.52. The van der Waals surface area contributed by atoms with Crippen molar-refractivity contribution in [2.24, 2.45) is 5.73 Å². The van der Waals surface area contributed by atoms with E-state index < -0.39 is 0 Å². The minimum atomic E-state index is -0.254. The van der Waals surface area contributed by atoms with Crippen LogP contribution in [0.4, 0.5) is 0 Å². The zero-order valence-corrected chi connectivity index (χ0v) is 11.1. The molecule has 1 heterocycles. The van der Waals surface area contributed by atoms with Gasteiger partial charge in [-0.3, -0.25) is 0 Å². The van der Waals surface area contributed by atoms with Crippen molar-refractivity contribution >= 4 is 15.9 Å². The topological polar surface area (TPSA) is 48.4 Å². The van der Waals surface area contributed by atoms with Crippen LogP contribution in [0.3, 0.4) is 0 Å². The molecule has 0 radical (unpaired) electrons. The van der Waals surface area contributed by atoms with E-state index in [0.717, 1.165) is 21.7 Å². The quantitative estimate of drug-likeness (QED) is 0.940. The van der Waals surface area contributed by atoms with Gasteiger partial charge in [0.25, 0.3) is 0 Å². The maximum atomic E-state index is 5.97. The molecule has 1 aromatic heterocycles. The molecule has 0 amide bonds. The Bertz CT molecular complexity index is 496. The molecule has 0 bridgehead atoms. The van der Waals surface area contributed by atoms with E-state index in [-0.39, 0.29) is 6.04 Å². The molecular weight excluding hydrogens is 282 g/mol. The number of halogens is 1. The second-order valence-electron chi connectivity index (χ2n) is 3.80. The van der Waals surface area contributed by atoms with Crippen molar-refractivity contribution < 1.29 is 9.15 Å². The fourth-order valence-electron chi connectivity index (χ4n) is 1.48. The number of para-hydroxylation sites is 1. The van der Waals surface area contributed by atoms with E-state index in [2.05, 4.69) is 15.9 Å². The predicted octanol–water partition coefficient (Wildman–Crippen LogP) is 3.43. The van der Waals surface area contributed by atoms with Crippen LogP contribution in [0.1, 0.15) is 17.6 Å². The molecule has 0 spiro atoms. The van der Waals surface area contributed by atoms with Crippen LogP contribution in [0, 0.1) is 6.92 Å². The van der Waals surface area contributed by atoms with E-state index in [1.165, 1.54) is 0 Å². The molecule has 1 atom stereocenters. The van der Waals surface area contributed by atoms with E-state index in [9.17, 15) is 0 Å². The first-order valence-electron chi connectivity index (χ1n) is 5.36. The third-order valence-corrected chi connectivity index (χ3v) is 3.04. The van der Waals surface area contributed by atoms with Crippen LogP contribution < -0.4 is 10.5 Å². The van der Waals surface area contributed by atoms with Crippen molar-refractivity contribution in [3.8, 4) is 5.75 Å². The molecule has 2 N–H and O–H groups in total. The highest BCUT2D eigenvalue weighted by atomic mass is 79.9. The lowest BCUT2D eigenvalue weighted by molar-refractivity contribution is 0.270. The first-order chi connectivity index (χ1) is 8.16. The van der Waals surface area contributed by atoms with Gasteiger partial charge in [-0.1, -0.05) is 12.1 Å². The van der Waals surface area contributed by atoms with Gasteiger partial charge in [-0.25, -0.2) is 0 Å². The largest absolute Gasteiger partial charge is 0.490 e. The summed E-state index contributed by atoms with van der Waals surface area (Å²) in [7, 11) is 0. The number of rotatable bonds is 4. The highest BCUT2D eigenvalue weighted by Gasteiger charge is 2.11. The highest BCUT2D eigenvalue weighted by Crippen LogP contribution is 2.25. The maximum absolute atomic E-state index is 5.97. The van der Waals surface area contributed by atoms with Gasteiger partial charge in [-0.15, -0.1) is 0 Å². The number of ether oxygens (including phenoxy) is 1. The first kappa shape index (κ1) is 12.2. The molecule has 4 heteroatoms. The Morgan fingerprint density at radius 3 is 2.71 bits per heavy atom. The Hall–Kier alpha value is -1.26. The average molecular weight is 296 g/mol. The van der Waals surface area contributed by atoms with Gasteiger partial charge < -0.3 is 14.9 Å². The van der Waals surface area contributed by atoms with Gasteiger partial charge in [0.05, 0.1) is 10.5 Å². The van der Waals surface area contributed by atoms with Gasteiger partial charge in [0.2, 0.25) is 0 Å². The van der Waals surface area contributed by atoms with Gasteiger partial charge >= 0.3 is 0 Å². The molecular formula is C13H14BrNO2. The smallest absolute Gasteiger partial charge is 0.133 e. The van der Waals surface area contributed by atoms with E-state index in [1.807, 2.05) is 43.3 Å². The van der Waals surface area contributed by atoms with Crippen LogP contribution in [-0.4, -0.2) is 6.61 Å². The van der Waals surface area contributed by atoms with Crippen molar-refractivity contribution in [3.63, 3.8) is 0 Å². The third kappa shape index (κ3) is 3.11. The summed E-state index contributed by atoms with van der Waals surface area (Å²) in [5.74, 6) is 2.39. The molecule has 90 valence electrons. The van der Waals surface area contributed by atoms with E-state index in [0.29, 0.717) is 6.61 Å². The summed E-state index contributed by atoms with van der Waals surface area (Å²) >= 11 is 3.42. The Balaban J connectivity index is 1.97. The molecule has 0 saturated carbocycles. The van der Waals surface area contributed by atoms with Crippen molar-refractivity contribution in [1.82, 2.24) is 0 Å². The first-order valence-corrected chi connectivity index (χ1v) is 6.15. The lowest BCUT2D eigenvalue weighted by Crippen LogP contribution is -2.18. The SMILES string of the molecule is Cc1ccc(C(N)COc2ccccc2Br)o1. The summed E-state index contributed by atoms with van der Waals surface area (Å²) in [5.41, 5.74) is 5.97. The minimum Gasteiger partial charge on any atom is -0.490 e. The molecule has 2 rings (SSSR count). The average Bonchev–Trinajstić information content (AvgIpc) is 2.74. The fourth-order valence-corrected chi connectivity index (χ4v) is 1.88. The third-order valence-electron chi connectivity index (χ3n) is 2.38. The van der Waals surface area contributed by atoms with Crippen LogP contribution in [-0.2, 0) is 0 Å². The van der Waals surface area contributed by atoms with Crippen molar-refractivity contribution in [2.45, 2.75) is 13.0 Å². The van der Waals surface area contributed by atoms with Crippen molar-refractivity contribution in [1.29, 1.82) is 0 Å². The molecule has 3 nitrogen and oxygen atoms in total. The Kier molecular flexibility index (Phi) is 3.86. The zero-order chi connectivity index (χ0) is 12.3. The second-order valence-corrected chi connectivity index (χ2v) is 4.65. The summed E-state index contributed by atoms with van der Waals surface area (Å²) in [6.45, 7) is 2.28. The van der Waals surface area contributed by atoms with Crippen molar-refractivity contribution in [2.75, 3.05) is 6.61 Å². The van der Waals surface area contributed by atoms with Gasteiger partial charge in [0, 0.05) is 0 Å². The molecule has 0 aliphatic rings. The lowest BCUT2D eigenvalue weighted by atomic mass is 10.2. The van der Waals surface area contributed by atoms with Gasteiger partial charge in [0.1, 0.15) is 23.9 Å². The van der Waals surface area contributed by atoms with Gasteiger partial charge in [-0.05, 0) is 47.1 Å². The summed E-state index contributed by atoms with van der Waals surface area (Å²) in [5, 5.41) is 0. The Morgan fingerprint density at radius 1 is 1.29 bits per heavy atom. The highest BCUT2D eigenvalue weighted by molar-refractivity contribution is 9.10. The van der Waals surface area contributed by atoms with Crippen molar-refractivity contribution in [3.05, 3.63) is 52.4 Å². The normalized spacial score (nSPS) is 12.4. The number of aryl methyl sites for hydroxylation is 1. The number of hydrogen-bond donors (Lipinski definition) is 1. The molecule has 17 heavy (non-hydrogen) atoms. The molecule has 1 aromatic carbocycles. The molecule has 0 fully saturated rings. The number of benzene rings is 1. The summed E-state index contributed by atoms with van der Waals surface area (Å²) in [4.78, 5) is 0. The Morgan fingerprint density at radius 2 is 2.06 bits per heavy atom. The van der Waals surface area contributed by atoms with Gasteiger partial charge in [0.15, 0.2) is 0 Å². The minimum absolute atomic E-state index is 0.254. The number of hydrogen-bond acceptors (Lipinski definition) is 3. The van der Waals surface area contributed by atoms with Crippen LogP contribution in [0.25, 0.3) is 0 Å². The van der Waals surface area contributed by atoms with Crippen LogP contribution in [0.5, 0.6) is 5.75 Å². The lowest BCUT2D eigenvalue weighted by Gasteiger charge is -2.12. The maximum Gasteiger partial charge on any atom is 0.133 e. The number of nitrogens with two attached hydrogens (primary N) is 1. The molecule has 0 aliphatic carbocycles. The van der Waals surface area contributed by atoms with E-state index in [1.54, 1.807) is 0 Å². The van der Waals surface area contributed by atoms with E-state index >= 15 is 0 Å². The molecule has 1 unspecified atom stereocenters. The van der Waals surface area contributed by atoms with Crippen LogP contribution >= 0.6 is 15.9 Å². The van der Waals surface area contributed by atoms with E-state index in [4.69, 9.17) is 14.9 Å². The molecule has 2 aromatic rings. The number of furan rings is 1. The standard InChI is InChI=1S/C13H14BrNO2/c1-9-6-7-13(17-9)11(15)8-16-12-5-3-2-4-10(12)14/h2-7,11H,8,15H2,1H3.